The first-order valence-electron chi connectivity index (χ1n) is 7.58. The monoisotopic (exact) mass is 293 g/mol. The Bertz CT molecular complexity index is 469. The van der Waals surface area contributed by atoms with Gasteiger partial charge < -0.3 is 19.7 Å². The van der Waals surface area contributed by atoms with Gasteiger partial charge in [-0.3, -0.25) is 4.79 Å². The van der Waals surface area contributed by atoms with Crippen LogP contribution in [0.15, 0.2) is 18.2 Å². The van der Waals surface area contributed by atoms with Crippen LogP contribution in [0, 0.1) is 0 Å². The number of anilines is 1. The summed E-state index contributed by atoms with van der Waals surface area (Å²) < 4.78 is 10.4. The highest BCUT2D eigenvalue weighted by atomic mass is 16.5. The Balaban J connectivity index is 1.92. The lowest BCUT2D eigenvalue weighted by Gasteiger charge is -2.16. The Hall–Kier alpha value is -1.75. The van der Waals surface area contributed by atoms with E-state index >= 15 is 0 Å². The van der Waals surface area contributed by atoms with E-state index in [9.17, 15) is 4.79 Å². The lowest BCUT2D eigenvalue weighted by atomic mass is 10.2. The maximum absolute atomic E-state index is 12.1. The van der Waals surface area contributed by atoms with Crippen LogP contribution in [0.3, 0.4) is 0 Å². The smallest absolute Gasteiger partial charge is 0.279 e. The van der Waals surface area contributed by atoms with Crippen molar-refractivity contribution in [2.45, 2.75) is 25.7 Å². The fraction of sp³-hybridized carbons (Fsp3) is 0.562. The molecule has 21 heavy (non-hydrogen) atoms. The third-order valence-corrected chi connectivity index (χ3v) is 3.89. The molecule has 1 fully saturated rings. The maximum atomic E-state index is 12.1. The third kappa shape index (κ3) is 4.63. The van der Waals surface area contributed by atoms with Gasteiger partial charge in [0.15, 0.2) is 18.0 Å². The summed E-state index contributed by atoms with van der Waals surface area (Å²) in [5.41, 5.74) is 0.742. The van der Waals surface area contributed by atoms with E-state index in [2.05, 4.69) is 5.32 Å². The Morgan fingerprint density at radius 2 is 1.76 bits per heavy atom. The molecule has 0 radical (unpaired) electrons. The van der Waals surface area contributed by atoms with Crippen LogP contribution in [0.2, 0.25) is 0 Å². The average Bonchev–Trinajstić information content (AvgIpc) is 2.75. The fourth-order valence-corrected chi connectivity index (χ4v) is 2.75. The molecule has 1 aliphatic heterocycles. The molecule has 1 saturated heterocycles. The summed E-state index contributed by atoms with van der Waals surface area (Å²) in [7, 11) is 3.18. The van der Waals surface area contributed by atoms with Crippen molar-refractivity contribution in [3.8, 4) is 11.5 Å². The molecule has 1 aromatic carbocycles. The molecule has 0 unspecified atom stereocenters. The van der Waals surface area contributed by atoms with E-state index in [-0.39, 0.29) is 5.91 Å². The molecular weight excluding hydrogens is 268 g/mol. The van der Waals surface area contributed by atoms with Crippen molar-refractivity contribution in [3.05, 3.63) is 18.2 Å². The van der Waals surface area contributed by atoms with Gasteiger partial charge in [0.2, 0.25) is 0 Å². The summed E-state index contributed by atoms with van der Waals surface area (Å²) in [4.78, 5) is 13.5. The Morgan fingerprint density at radius 3 is 2.38 bits per heavy atom. The molecule has 0 saturated carbocycles. The van der Waals surface area contributed by atoms with Crippen LogP contribution in [0.25, 0.3) is 0 Å². The molecule has 5 heteroatoms. The van der Waals surface area contributed by atoms with E-state index < -0.39 is 0 Å². The topological polar surface area (TPSA) is 52.0 Å². The summed E-state index contributed by atoms with van der Waals surface area (Å²) in [6, 6.07) is 5.42. The van der Waals surface area contributed by atoms with Crippen LogP contribution in [0.4, 0.5) is 5.69 Å². The molecule has 116 valence electrons. The highest BCUT2D eigenvalue weighted by Gasteiger charge is 2.16. The van der Waals surface area contributed by atoms with Gasteiger partial charge in [0.25, 0.3) is 5.91 Å². The number of carbonyl (C=O) groups is 1. The summed E-state index contributed by atoms with van der Waals surface area (Å²) in [5.74, 6) is 1.34. The Labute approximate surface area is 126 Å². The SMILES string of the molecule is COc1ccc(NC(=O)C[NH+]2CCCCCC2)cc1OC. The minimum atomic E-state index is 0.0547. The van der Waals surface area contributed by atoms with Crippen LogP contribution in [-0.4, -0.2) is 39.8 Å². The molecule has 0 aromatic heterocycles. The maximum Gasteiger partial charge on any atom is 0.279 e. The molecule has 1 heterocycles. The number of likely N-dealkylation sites (tertiary alicyclic amines) is 1. The number of benzene rings is 1. The molecule has 1 amide bonds. The second-order valence-corrected chi connectivity index (χ2v) is 5.46. The van der Waals surface area contributed by atoms with E-state index in [4.69, 9.17) is 9.47 Å². The van der Waals surface area contributed by atoms with Crippen molar-refractivity contribution in [2.24, 2.45) is 0 Å². The predicted molar refractivity (Wildman–Crippen MR) is 82.2 cm³/mol. The minimum Gasteiger partial charge on any atom is -0.493 e. The number of methoxy groups -OCH3 is 2. The number of ether oxygens (including phenoxy) is 2. The molecule has 0 bridgehead atoms. The quantitative estimate of drug-likeness (QED) is 0.855. The van der Waals surface area contributed by atoms with Crippen LogP contribution in [0.5, 0.6) is 11.5 Å². The van der Waals surface area contributed by atoms with Gasteiger partial charge >= 0.3 is 0 Å². The van der Waals surface area contributed by atoms with Gasteiger partial charge in [-0.15, -0.1) is 0 Å². The van der Waals surface area contributed by atoms with Crippen molar-refractivity contribution in [1.82, 2.24) is 0 Å². The number of carbonyl (C=O) groups excluding carboxylic acids is 1. The molecule has 1 aromatic rings. The standard InChI is InChI=1S/C16H24N2O3/c1-20-14-8-7-13(11-15(14)21-2)17-16(19)12-18-9-5-3-4-6-10-18/h7-8,11H,3-6,9-10,12H2,1-2H3,(H,17,19)/p+1. The largest absolute Gasteiger partial charge is 0.493 e. The highest BCUT2D eigenvalue weighted by molar-refractivity contribution is 5.91. The average molecular weight is 293 g/mol. The van der Waals surface area contributed by atoms with E-state index in [1.807, 2.05) is 6.07 Å². The Kier molecular flexibility index (Phi) is 5.87. The predicted octanol–water partition coefficient (Wildman–Crippen LogP) is 1.10. The molecule has 0 atom stereocenters. The van der Waals surface area contributed by atoms with Crippen molar-refractivity contribution in [2.75, 3.05) is 39.2 Å². The van der Waals surface area contributed by atoms with E-state index in [1.54, 1.807) is 26.4 Å². The Morgan fingerprint density at radius 1 is 1.10 bits per heavy atom. The van der Waals surface area contributed by atoms with Gasteiger partial charge in [-0.2, -0.15) is 0 Å². The van der Waals surface area contributed by atoms with Gasteiger partial charge in [-0.25, -0.2) is 0 Å². The summed E-state index contributed by atoms with van der Waals surface area (Å²) in [5, 5.41) is 2.94. The van der Waals surface area contributed by atoms with E-state index in [1.165, 1.54) is 30.6 Å². The molecular formula is C16H25N2O3+. The molecule has 2 rings (SSSR count). The van der Waals surface area contributed by atoms with Crippen molar-refractivity contribution < 1.29 is 19.2 Å². The van der Waals surface area contributed by atoms with Crippen molar-refractivity contribution in [3.63, 3.8) is 0 Å². The second-order valence-electron chi connectivity index (χ2n) is 5.46. The van der Waals surface area contributed by atoms with Gasteiger partial charge in [-0.1, -0.05) is 0 Å². The summed E-state index contributed by atoms with van der Waals surface area (Å²) in [6.45, 7) is 2.73. The minimum absolute atomic E-state index is 0.0547. The number of quaternary nitrogens is 1. The molecule has 2 N–H and O–H groups in total. The van der Waals surface area contributed by atoms with Gasteiger partial charge in [-0.05, 0) is 37.8 Å². The zero-order valence-corrected chi connectivity index (χ0v) is 12.9. The van der Waals surface area contributed by atoms with Crippen LogP contribution in [0.1, 0.15) is 25.7 Å². The lowest BCUT2D eigenvalue weighted by Crippen LogP contribution is -3.12. The third-order valence-electron chi connectivity index (χ3n) is 3.89. The number of rotatable bonds is 5. The molecule has 0 spiro atoms. The summed E-state index contributed by atoms with van der Waals surface area (Å²) in [6.07, 6.45) is 5.03. The van der Waals surface area contributed by atoms with Gasteiger partial charge in [0.1, 0.15) is 0 Å². The van der Waals surface area contributed by atoms with Crippen LogP contribution >= 0.6 is 0 Å². The van der Waals surface area contributed by atoms with Crippen molar-refractivity contribution in [1.29, 1.82) is 0 Å². The van der Waals surface area contributed by atoms with E-state index in [0.717, 1.165) is 18.8 Å². The van der Waals surface area contributed by atoms with Crippen LogP contribution < -0.4 is 19.7 Å². The first-order valence-corrected chi connectivity index (χ1v) is 7.58. The zero-order valence-electron chi connectivity index (χ0n) is 12.9. The number of hydrogen-bond donors (Lipinski definition) is 2. The van der Waals surface area contributed by atoms with Gasteiger partial charge in [0.05, 0.1) is 27.3 Å². The number of hydrogen-bond acceptors (Lipinski definition) is 3. The zero-order chi connectivity index (χ0) is 15.1. The number of nitrogens with one attached hydrogen (secondary N) is 2. The normalized spacial score (nSPS) is 16.1. The second kappa shape index (κ2) is 7.88. The van der Waals surface area contributed by atoms with Crippen LogP contribution in [-0.2, 0) is 4.79 Å². The molecule has 1 aliphatic rings. The lowest BCUT2D eigenvalue weighted by molar-refractivity contribution is -0.890. The highest BCUT2D eigenvalue weighted by Crippen LogP contribution is 2.29. The fourth-order valence-electron chi connectivity index (χ4n) is 2.75. The van der Waals surface area contributed by atoms with E-state index in [0.29, 0.717) is 18.0 Å². The van der Waals surface area contributed by atoms with Crippen molar-refractivity contribution >= 4 is 11.6 Å². The first kappa shape index (κ1) is 15.6. The first-order chi connectivity index (χ1) is 10.2. The number of amides is 1. The molecule has 5 nitrogen and oxygen atoms in total. The summed E-state index contributed by atoms with van der Waals surface area (Å²) >= 11 is 0. The van der Waals surface area contributed by atoms with Gasteiger partial charge in [0, 0.05) is 11.8 Å². The molecule has 0 aliphatic carbocycles.